The van der Waals surface area contributed by atoms with Gasteiger partial charge in [-0.2, -0.15) is 0 Å². The van der Waals surface area contributed by atoms with Crippen molar-refractivity contribution in [2.45, 2.75) is 52.1 Å². The lowest BCUT2D eigenvalue weighted by Crippen LogP contribution is -2.39. The summed E-state index contributed by atoms with van der Waals surface area (Å²) in [7, 11) is -1.73. The number of benzene rings is 3. The molecule has 1 heterocycles. The molecule has 168 valence electrons. The minimum absolute atomic E-state index is 1.13. The van der Waals surface area contributed by atoms with Crippen LogP contribution in [0.15, 0.2) is 108 Å². The Bertz CT molecular complexity index is 1130. The van der Waals surface area contributed by atoms with Gasteiger partial charge in [-0.25, -0.2) is 0 Å². The van der Waals surface area contributed by atoms with E-state index in [2.05, 4.69) is 123 Å². The molecule has 0 fully saturated rings. The predicted molar refractivity (Wildman–Crippen MR) is 148 cm³/mol. The maximum atomic E-state index is 2.52. The van der Waals surface area contributed by atoms with E-state index in [1.165, 1.54) is 53.5 Å². The second-order valence-corrected chi connectivity index (χ2v) is 13.9. The highest BCUT2D eigenvalue weighted by Crippen LogP contribution is 2.47. The molecule has 0 atom stereocenters. The third-order valence-corrected chi connectivity index (χ3v) is 10.3. The van der Waals surface area contributed by atoms with E-state index in [1.54, 1.807) is 10.4 Å². The monoisotopic (exact) mass is 448 g/mol. The van der Waals surface area contributed by atoms with E-state index in [9.17, 15) is 0 Å². The SMILES string of the molecule is CCCCCCC(=C\c1ccccc1)/C(=C1/C=C(c2ccccc2)[Si]1(C)C)c1ccccc1. The van der Waals surface area contributed by atoms with Crippen LogP contribution in [0.5, 0.6) is 0 Å². The van der Waals surface area contributed by atoms with Crippen molar-refractivity contribution in [1.29, 1.82) is 0 Å². The van der Waals surface area contributed by atoms with Crippen molar-refractivity contribution in [2.75, 3.05) is 0 Å². The minimum Gasteiger partial charge on any atom is -0.0654 e. The third kappa shape index (κ3) is 5.37. The zero-order valence-electron chi connectivity index (χ0n) is 20.4. The molecule has 0 unspecified atom stereocenters. The molecule has 4 rings (SSSR count). The summed E-state index contributed by atoms with van der Waals surface area (Å²) in [5.41, 5.74) is 7.01. The third-order valence-electron chi connectivity index (χ3n) is 6.81. The zero-order chi connectivity index (χ0) is 23.1. The van der Waals surface area contributed by atoms with Gasteiger partial charge in [0.15, 0.2) is 0 Å². The summed E-state index contributed by atoms with van der Waals surface area (Å²) < 4.78 is 0. The van der Waals surface area contributed by atoms with Gasteiger partial charge in [0.1, 0.15) is 8.07 Å². The van der Waals surface area contributed by atoms with Crippen LogP contribution in [0.4, 0.5) is 0 Å². The Hall–Kier alpha value is -2.90. The molecule has 0 saturated heterocycles. The number of unbranched alkanes of at least 4 members (excludes halogenated alkanes) is 3. The van der Waals surface area contributed by atoms with Gasteiger partial charge in [-0.3, -0.25) is 0 Å². The molecule has 0 saturated carbocycles. The van der Waals surface area contributed by atoms with Crippen LogP contribution in [0.2, 0.25) is 13.1 Å². The average molecular weight is 449 g/mol. The van der Waals surface area contributed by atoms with Crippen LogP contribution in [0, 0.1) is 0 Å². The van der Waals surface area contributed by atoms with Gasteiger partial charge in [-0.15, -0.1) is 0 Å². The van der Waals surface area contributed by atoms with Crippen molar-refractivity contribution in [3.8, 4) is 0 Å². The van der Waals surface area contributed by atoms with Crippen molar-refractivity contribution < 1.29 is 0 Å². The minimum atomic E-state index is -1.73. The van der Waals surface area contributed by atoms with Gasteiger partial charge < -0.3 is 0 Å². The van der Waals surface area contributed by atoms with Gasteiger partial charge in [0.25, 0.3) is 0 Å². The highest BCUT2D eigenvalue weighted by atomic mass is 28.3. The van der Waals surface area contributed by atoms with Crippen LogP contribution in [-0.4, -0.2) is 8.07 Å². The average Bonchev–Trinajstić information content (AvgIpc) is 2.85. The van der Waals surface area contributed by atoms with Crippen LogP contribution in [0.25, 0.3) is 16.8 Å². The highest BCUT2D eigenvalue weighted by molar-refractivity contribution is 7.05. The predicted octanol–water partition coefficient (Wildman–Crippen LogP) is 9.38. The fourth-order valence-electron chi connectivity index (χ4n) is 4.90. The van der Waals surface area contributed by atoms with E-state index in [4.69, 9.17) is 0 Å². The molecule has 0 aliphatic carbocycles. The van der Waals surface area contributed by atoms with Crippen molar-refractivity contribution in [2.24, 2.45) is 0 Å². The molecule has 0 bridgehead atoms. The van der Waals surface area contributed by atoms with Gasteiger partial charge >= 0.3 is 0 Å². The van der Waals surface area contributed by atoms with Gasteiger partial charge in [-0.1, -0.05) is 142 Å². The van der Waals surface area contributed by atoms with Gasteiger partial charge in [0.05, 0.1) is 0 Å². The summed E-state index contributed by atoms with van der Waals surface area (Å²) in [4.78, 5) is 0. The van der Waals surface area contributed by atoms with E-state index in [0.717, 1.165) is 6.42 Å². The molecule has 0 spiro atoms. The summed E-state index contributed by atoms with van der Waals surface area (Å²) >= 11 is 0. The fourth-order valence-corrected chi connectivity index (χ4v) is 7.79. The first-order chi connectivity index (χ1) is 16.1. The number of hydrogen-bond acceptors (Lipinski definition) is 0. The highest BCUT2D eigenvalue weighted by Gasteiger charge is 2.40. The Morgan fingerprint density at radius 1 is 0.727 bits per heavy atom. The van der Waals surface area contributed by atoms with Crippen LogP contribution < -0.4 is 0 Å². The zero-order valence-corrected chi connectivity index (χ0v) is 21.4. The molecule has 0 N–H and O–H groups in total. The van der Waals surface area contributed by atoms with Gasteiger partial charge in [-0.05, 0) is 51.1 Å². The van der Waals surface area contributed by atoms with E-state index in [-0.39, 0.29) is 0 Å². The molecule has 0 amide bonds. The van der Waals surface area contributed by atoms with E-state index in [0.29, 0.717) is 0 Å². The second-order valence-electron chi connectivity index (χ2n) is 9.59. The Morgan fingerprint density at radius 2 is 1.33 bits per heavy atom. The second kappa shape index (κ2) is 10.8. The Balaban J connectivity index is 1.85. The van der Waals surface area contributed by atoms with E-state index < -0.39 is 8.07 Å². The molecule has 1 aliphatic rings. The standard InChI is InChI=1S/C32H36Si/c1-4-5-6-12-23-29(24-26-17-10-7-11-18-26)32(28-21-15-9-16-22-28)31-25-30(33(31,2)3)27-19-13-8-14-20-27/h7-11,13-22,24-25H,4-6,12,23H2,1-3H3/b29-24+,32-31-. The first kappa shape index (κ1) is 23.3. The molecule has 0 nitrogen and oxygen atoms in total. The number of hydrogen-bond donors (Lipinski definition) is 0. The van der Waals surface area contributed by atoms with Crippen LogP contribution in [-0.2, 0) is 0 Å². The smallest absolute Gasteiger partial charge is 0.0654 e. The summed E-state index contributed by atoms with van der Waals surface area (Å²) in [6.07, 6.45) is 11.2. The van der Waals surface area contributed by atoms with Crippen LogP contribution in [0.3, 0.4) is 0 Å². The molecular formula is C32H36Si. The van der Waals surface area contributed by atoms with Gasteiger partial charge in [0.2, 0.25) is 0 Å². The molecule has 1 aliphatic heterocycles. The van der Waals surface area contributed by atoms with Crippen molar-refractivity contribution in [1.82, 2.24) is 0 Å². The van der Waals surface area contributed by atoms with Crippen LogP contribution >= 0.6 is 0 Å². The maximum Gasteiger partial charge on any atom is 0.113 e. The van der Waals surface area contributed by atoms with E-state index in [1.807, 2.05) is 0 Å². The van der Waals surface area contributed by atoms with Crippen molar-refractivity contribution in [3.63, 3.8) is 0 Å². The molecular weight excluding hydrogens is 412 g/mol. The maximum absolute atomic E-state index is 2.52. The summed E-state index contributed by atoms with van der Waals surface area (Å²) in [5, 5.41) is 3.15. The van der Waals surface area contributed by atoms with Crippen molar-refractivity contribution >= 4 is 24.9 Å². The summed E-state index contributed by atoms with van der Waals surface area (Å²) in [5.74, 6) is 0. The molecule has 33 heavy (non-hydrogen) atoms. The fraction of sp³-hybridized carbons (Fsp3) is 0.250. The number of rotatable bonds is 9. The van der Waals surface area contributed by atoms with Gasteiger partial charge in [0, 0.05) is 0 Å². The van der Waals surface area contributed by atoms with E-state index >= 15 is 0 Å². The first-order valence-electron chi connectivity index (χ1n) is 12.4. The first-order valence-corrected chi connectivity index (χ1v) is 15.4. The topological polar surface area (TPSA) is 0 Å². The molecule has 0 aromatic heterocycles. The Kier molecular flexibility index (Phi) is 7.62. The lowest BCUT2D eigenvalue weighted by molar-refractivity contribution is 0.670. The Morgan fingerprint density at radius 3 is 1.94 bits per heavy atom. The molecule has 3 aromatic rings. The number of allylic oxidation sites excluding steroid dienone is 4. The molecule has 3 aromatic carbocycles. The Labute approximate surface area is 201 Å². The lowest BCUT2D eigenvalue weighted by atomic mass is 9.91. The summed E-state index contributed by atoms with van der Waals surface area (Å²) in [6.45, 7) is 7.33. The lowest BCUT2D eigenvalue weighted by Gasteiger charge is -2.40. The van der Waals surface area contributed by atoms with Crippen molar-refractivity contribution in [3.05, 3.63) is 125 Å². The normalized spacial score (nSPS) is 16.7. The summed E-state index contributed by atoms with van der Waals surface area (Å²) in [6, 6.07) is 32.9. The largest absolute Gasteiger partial charge is 0.113 e. The van der Waals surface area contributed by atoms with Crippen LogP contribution in [0.1, 0.15) is 55.7 Å². The molecule has 0 radical (unpaired) electrons. The molecule has 1 heteroatoms. The quantitative estimate of drug-likeness (QED) is 0.226.